The van der Waals surface area contributed by atoms with Crippen LogP contribution >= 0.6 is 0 Å². The van der Waals surface area contributed by atoms with Crippen LogP contribution in [0.1, 0.15) is 27.6 Å². The largest absolute Gasteiger partial charge is 0.268 e. The molecule has 17 heavy (non-hydrogen) atoms. The average molecular weight is 226 g/mol. The van der Waals surface area contributed by atoms with Crippen LogP contribution in [0, 0.1) is 0 Å². The lowest BCUT2D eigenvalue weighted by molar-refractivity contribution is 0.0749. The molecule has 4 heteroatoms. The van der Waals surface area contributed by atoms with Gasteiger partial charge in [0.1, 0.15) is 5.84 Å². The van der Waals surface area contributed by atoms with Gasteiger partial charge < -0.3 is 0 Å². The summed E-state index contributed by atoms with van der Waals surface area (Å²) in [5.41, 5.74) is 1.79. The molecule has 0 aromatic heterocycles. The van der Waals surface area contributed by atoms with Gasteiger partial charge >= 0.3 is 0 Å². The van der Waals surface area contributed by atoms with E-state index in [4.69, 9.17) is 0 Å². The Morgan fingerprint density at radius 2 is 1.71 bits per heavy atom. The fourth-order valence-corrected chi connectivity index (χ4v) is 2.11. The third-order valence-corrected chi connectivity index (χ3v) is 3.00. The molecule has 0 spiro atoms. The maximum absolute atomic E-state index is 12.1. The van der Waals surface area contributed by atoms with Gasteiger partial charge in [0.25, 0.3) is 11.8 Å². The molecule has 0 bridgehead atoms. The van der Waals surface area contributed by atoms with Gasteiger partial charge in [-0.3, -0.25) is 14.6 Å². The van der Waals surface area contributed by atoms with Crippen LogP contribution in [0.25, 0.3) is 0 Å². The van der Waals surface area contributed by atoms with Gasteiger partial charge in [-0.25, -0.2) is 4.90 Å². The zero-order chi connectivity index (χ0) is 12.0. The van der Waals surface area contributed by atoms with Crippen LogP contribution in [0.5, 0.6) is 0 Å². The van der Waals surface area contributed by atoms with Crippen molar-refractivity contribution >= 4 is 17.6 Å². The quantitative estimate of drug-likeness (QED) is 0.631. The fraction of sp³-hybridized carbons (Fsp3) is 0.154. The van der Waals surface area contributed by atoms with Crippen LogP contribution in [0.4, 0.5) is 0 Å². The van der Waals surface area contributed by atoms with Crippen LogP contribution in [-0.2, 0) is 0 Å². The Kier molecular flexibility index (Phi) is 1.98. The second-order valence-electron chi connectivity index (χ2n) is 4.04. The Morgan fingerprint density at radius 3 is 2.18 bits per heavy atom. The topological polar surface area (TPSA) is 49.7 Å². The molecule has 1 aromatic rings. The summed E-state index contributed by atoms with van der Waals surface area (Å²) in [6, 6.07) is 6.85. The summed E-state index contributed by atoms with van der Waals surface area (Å²) in [5.74, 6) is -0.0748. The molecule has 2 aliphatic heterocycles. The Labute approximate surface area is 98.3 Å². The highest BCUT2D eigenvalue weighted by Gasteiger charge is 2.39. The molecule has 0 radical (unpaired) electrons. The summed E-state index contributed by atoms with van der Waals surface area (Å²) in [7, 11) is 0. The first-order valence-electron chi connectivity index (χ1n) is 5.39. The van der Waals surface area contributed by atoms with Crippen LogP contribution in [-0.4, -0.2) is 29.1 Å². The molecule has 0 saturated carbocycles. The van der Waals surface area contributed by atoms with Gasteiger partial charge in [0, 0.05) is 0 Å². The summed E-state index contributed by atoms with van der Waals surface area (Å²) < 4.78 is 0. The molecule has 4 nitrogen and oxygen atoms in total. The van der Waals surface area contributed by atoms with E-state index >= 15 is 0 Å². The molecular formula is C13H10N2O2. The Bertz CT molecular complexity index is 564. The smallest absolute Gasteiger partial charge is 0.267 e. The van der Waals surface area contributed by atoms with Crippen molar-refractivity contribution < 1.29 is 9.59 Å². The highest BCUT2D eigenvalue weighted by molar-refractivity contribution is 6.32. The number of carbonyl (C=O) groups excluding carboxylic acids is 2. The van der Waals surface area contributed by atoms with E-state index in [0.29, 0.717) is 23.5 Å². The highest BCUT2D eigenvalue weighted by Crippen LogP contribution is 2.25. The number of rotatable bonds is 0. The summed E-state index contributed by atoms with van der Waals surface area (Å²) in [6.07, 6.45) is 1.90. The average Bonchev–Trinajstić information content (AvgIpc) is 2.84. The predicted octanol–water partition coefficient (Wildman–Crippen LogP) is 1.64. The second-order valence-corrected chi connectivity index (χ2v) is 4.04. The van der Waals surface area contributed by atoms with Crippen LogP contribution in [0.3, 0.4) is 0 Å². The maximum Gasteiger partial charge on any atom is 0.267 e. The van der Waals surface area contributed by atoms with Crippen molar-refractivity contribution in [2.75, 3.05) is 6.54 Å². The molecule has 2 aliphatic rings. The van der Waals surface area contributed by atoms with Gasteiger partial charge in [-0.1, -0.05) is 18.2 Å². The Hall–Kier alpha value is -2.23. The number of fused-ring (bicyclic) bond motifs is 1. The third kappa shape index (κ3) is 1.27. The number of imide groups is 1. The minimum absolute atomic E-state index is 0.279. The molecule has 2 heterocycles. The van der Waals surface area contributed by atoms with Gasteiger partial charge in [-0.15, -0.1) is 0 Å². The van der Waals surface area contributed by atoms with Crippen molar-refractivity contribution in [3.63, 3.8) is 0 Å². The number of hydrogen-bond donors (Lipinski definition) is 0. The molecule has 0 saturated heterocycles. The van der Waals surface area contributed by atoms with Gasteiger partial charge in [0.15, 0.2) is 0 Å². The monoisotopic (exact) mass is 226 g/mol. The molecule has 0 unspecified atom stereocenters. The first-order chi connectivity index (χ1) is 8.20. The number of amides is 2. The lowest BCUT2D eigenvalue weighted by Gasteiger charge is -2.14. The minimum atomic E-state index is -0.279. The van der Waals surface area contributed by atoms with Crippen molar-refractivity contribution in [1.82, 2.24) is 4.90 Å². The zero-order valence-electron chi connectivity index (χ0n) is 9.30. The molecule has 0 aliphatic carbocycles. The molecule has 3 rings (SSSR count). The van der Waals surface area contributed by atoms with Crippen molar-refractivity contribution in [2.45, 2.75) is 6.92 Å². The van der Waals surface area contributed by atoms with E-state index in [0.717, 1.165) is 5.57 Å². The van der Waals surface area contributed by atoms with Gasteiger partial charge in [-0.2, -0.15) is 0 Å². The van der Waals surface area contributed by atoms with Gasteiger partial charge in [-0.05, 0) is 24.6 Å². The molecule has 84 valence electrons. The van der Waals surface area contributed by atoms with Crippen molar-refractivity contribution in [3.8, 4) is 0 Å². The first kappa shape index (κ1) is 9.96. The predicted molar refractivity (Wildman–Crippen MR) is 63.0 cm³/mol. The SMILES string of the molecule is CC1=CCN=C1N1C(=O)c2ccccc2C1=O. The number of nitrogens with zero attached hydrogens (tertiary/aromatic N) is 2. The molecular weight excluding hydrogens is 216 g/mol. The maximum atomic E-state index is 12.1. The van der Waals surface area contributed by atoms with Crippen molar-refractivity contribution in [2.24, 2.45) is 4.99 Å². The van der Waals surface area contributed by atoms with Gasteiger partial charge in [0.2, 0.25) is 0 Å². The lowest BCUT2D eigenvalue weighted by atomic mass is 10.1. The Morgan fingerprint density at radius 1 is 1.12 bits per heavy atom. The fourth-order valence-electron chi connectivity index (χ4n) is 2.11. The van der Waals surface area contributed by atoms with E-state index in [1.165, 1.54) is 4.90 Å². The molecule has 2 amide bonds. The molecule has 0 N–H and O–H groups in total. The second kappa shape index (κ2) is 3.38. The molecule has 0 atom stereocenters. The van der Waals surface area contributed by atoms with E-state index in [-0.39, 0.29) is 11.8 Å². The van der Waals surface area contributed by atoms with Crippen LogP contribution in [0.15, 0.2) is 40.9 Å². The number of aliphatic imine (C=N–C) groups is 1. The highest BCUT2D eigenvalue weighted by atomic mass is 16.2. The lowest BCUT2D eigenvalue weighted by Crippen LogP contribution is -2.36. The molecule has 0 fully saturated rings. The summed E-state index contributed by atoms with van der Waals surface area (Å²) in [4.78, 5) is 29.6. The minimum Gasteiger partial charge on any atom is -0.268 e. The van der Waals surface area contributed by atoms with Crippen LogP contribution < -0.4 is 0 Å². The van der Waals surface area contributed by atoms with Gasteiger partial charge in [0.05, 0.1) is 17.7 Å². The van der Waals surface area contributed by atoms with E-state index in [9.17, 15) is 9.59 Å². The van der Waals surface area contributed by atoms with E-state index in [1.54, 1.807) is 24.3 Å². The van der Waals surface area contributed by atoms with Crippen LogP contribution in [0.2, 0.25) is 0 Å². The normalized spacial score (nSPS) is 18.3. The number of carbonyl (C=O) groups is 2. The number of amidine groups is 1. The number of benzene rings is 1. The summed E-state index contributed by atoms with van der Waals surface area (Å²) in [5, 5.41) is 0. The van der Waals surface area contributed by atoms with Crippen molar-refractivity contribution in [1.29, 1.82) is 0 Å². The Balaban J connectivity index is 2.10. The van der Waals surface area contributed by atoms with E-state index < -0.39 is 0 Å². The van der Waals surface area contributed by atoms with E-state index in [1.807, 2.05) is 13.0 Å². The summed E-state index contributed by atoms with van der Waals surface area (Å²) >= 11 is 0. The van der Waals surface area contributed by atoms with Crippen molar-refractivity contribution in [3.05, 3.63) is 47.0 Å². The first-order valence-corrected chi connectivity index (χ1v) is 5.39. The number of hydrogen-bond acceptors (Lipinski definition) is 3. The third-order valence-electron chi connectivity index (χ3n) is 3.00. The standard InChI is InChI=1S/C13H10N2O2/c1-8-6-7-14-11(8)15-12(16)9-4-2-3-5-10(9)13(15)17/h2-6H,7H2,1H3. The molecule has 1 aromatic carbocycles. The summed E-state index contributed by atoms with van der Waals surface area (Å²) in [6.45, 7) is 2.39. The zero-order valence-corrected chi connectivity index (χ0v) is 9.30. The van der Waals surface area contributed by atoms with E-state index in [2.05, 4.69) is 4.99 Å².